The van der Waals surface area contributed by atoms with Gasteiger partial charge in [-0.1, -0.05) is 0 Å². The minimum Gasteiger partial charge on any atom is -0.376 e. The smallest absolute Gasteiger partial charge is 0.217 e. The highest BCUT2D eigenvalue weighted by Gasteiger charge is 2.37. The van der Waals surface area contributed by atoms with Crippen LogP contribution in [0.4, 0.5) is 0 Å². The van der Waals surface area contributed by atoms with Gasteiger partial charge in [0.15, 0.2) is 0 Å². The van der Waals surface area contributed by atoms with Crippen molar-refractivity contribution in [3.05, 3.63) is 0 Å². The largest absolute Gasteiger partial charge is 0.376 e. The van der Waals surface area contributed by atoms with Crippen LogP contribution < -0.4 is 5.32 Å². The van der Waals surface area contributed by atoms with Crippen molar-refractivity contribution in [2.75, 3.05) is 6.61 Å². The van der Waals surface area contributed by atoms with E-state index in [1.807, 2.05) is 13.8 Å². The first-order valence-electron chi connectivity index (χ1n) is 3.95. The summed E-state index contributed by atoms with van der Waals surface area (Å²) in [5, 5.41) is 2.90. The molecule has 1 heterocycles. The van der Waals surface area contributed by atoms with Crippen LogP contribution in [0, 0.1) is 0 Å². The fraction of sp³-hybridized carbons (Fsp3) is 0.875. The van der Waals surface area contributed by atoms with Gasteiger partial charge in [0.2, 0.25) is 5.91 Å². The van der Waals surface area contributed by atoms with E-state index >= 15 is 0 Å². The van der Waals surface area contributed by atoms with Crippen LogP contribution >= 0.6 is 0 Å². The van der Waals surface area contributed by atoms with Crippen LogP contribution in [0.25, 0.3) is 0 Å². The molecule has 1 saturated heterocycles. The van der Waals surface area contributed by atoms with Crippen LogP contribution in [-0.4, -0.2) is 24.2 Å². The second-order valence-electron chi connectivity index (χ2n) is 3.36. The monoisotopic (exact) mass is 157 g/mol. The lowest BCUT2D eigenvalue weighted by molar-refractivity contribution is -0.121. The molecule has 0 aromatic heterocycles. The van der Waals surface area contributed by atoms with Crippen LogP contribution in [0.1, 0.15) is 27.2 Å². The lowest BCUT2D eigenvalue weighted by atomic mass is 9.95. The van der Waals surface area contributed by atoms with Crippen LogP contribution in [0.3, 0.4) is 0 Å². The molecule has 0 saturated carbocycles. The quantitative estimate of drug-likeness (QED) is 0.608. The first-order valence-corrected chi connectivity index (χ1v) is 3.95. The van der Waals surface area contributed by atoms with E-state index in [1.165, 1.54) is 6.92 Å². The Bertz CT molecular complexity index is 169. The molecule has 11 heavy (non-hydrogen) atoms. The molecule has 2 atom stereocenters. The number of carbonyl (C=O) groups excluding carboxylic acids is 1. The molecular weight excluding hydrogens is 142 g/mol. The van der Waals surface area contributed by atoms with E-state index in [0.29, 0.717) is 0 Å². The third-order valence-electron chi connectivity index (χ3n) is 2.35. The summed E-state index contributed by atoms with van der Waals surface area (Å²) in [5.41, 5.74) is -0.147. The summed E-state index contributed by atoms with van der Waals surface area (Å²) in [6.07, 6.45) is 1.04. The Balaban J connectivity index is 2.58. The highest BCUT2D eigenvalue weighted by Crippen LogP contribution is 2.24. The summed E-state index contributed by atoms with van der Waals surface area (Å²) in [6, 6.07) is 0. The Morgan fingerprint density at radius 2 is 2.36 bits per heavy atom. The van der Waals surface area contributed by atoms with E-state index in [0.717, 1.165) is 13.0 Å². The molecule has 3 heteroatoms. The fourth-order valence-corrected chi connectivity index (χ4v) is 1.40. The summed E-state index contributed by atoms with van der Waals surface area (Å²) in [7, 11) is 0. The molecule has 0 bridgehead atoms. The minimum atomic E-state index is -0.147. The molecule has 1 rings (SSSR count). The molecule has 1 aliphatic heterocycles. The highest BCUT2D eigenvalue weighted by molar-refractivity contribution is 5.73. The second-order valence-corrected chi connectivity index (χ2v) is 3.36. The zero-order chi connectivity index (χ0) is 8.48. The zero-order valence-corrected chi connectivity index (χ0v) is 7.31. The van der Waals surface area contributed by atoms with E-state index in [-0.39, 0.29) is 17.6 Å². The number of hydrogen-bond donors (Lipinski definition) is 1. The van der Waals surface area contributed by atoms with E-state index in [9.17, 15) is 4.79 Å². The van der Waals surface area contributed by atoms with Crippen LogP contribution in [-0.2, 0) is 9.53 Å². The van der Waals surface area contributed by atoms with E-state index in [2.05, 4.69) is 5.32 Å². The maximum absolute atomic E-state index is 10.8. The predicted octanol–water partition coefficient (Wildman–Crippen LogP) is 0.690. The van der Waals surface area contributed by atoms with Crippen LogP contribution in [0.2, 0.25) is 0 Å². The summed E-state index contributed by atoms with van der Waals surface area (Å²) >= 11 is 0. The van der Waals surface area contributed by atoms with E-state index in [4.69, 9.17) is 4.74 Å². The molecule has 0 radical (unpaired) electrons. The highest BCUT2D eigenvalue weighted by atomic mass is 16.5. The predicted molar refractivity (Wildman–Crippen MR) is 42.3 cm³/mol. The Labute approximate surface area is 67.1 Å². The number of amides is 1. The average Bonchev–Trinajstić information content (AvgIpc) is 2.11. The summed E-state index contributed by atoms with van der Waals surface area (Å²) in [4.78, 5) is 10.8. The van der Waals surface area contributed by atoms with Gasteiger partial charge in [-0.05, 0) is 20.3 Å². The molecule has 0 spiro atoms. The van der Waals surface area contributed by atoms with Crippen LogP contribution in [0.5, 0.6) is 0 Å². The number of ether oxygens (including phenoxy) is 1. The molecule has 1 amide bonds. The molecule has 1 aliphatic rings. The van der Waals surface area contributed by atoms with Gasteiger partial charge in [-0.25, -0.2) is 0 Å². The molecule has 0 aliphatic carbocycles. The van der Waals surface area contributed by atoms with E-state index < -0.39 is 0 Å². The normalized spacial score (nSPS) is 37.2. The summed E-state index contributed by atoms with van der Waals surface area (Å²) < 4.78 is 5.35. The van der Waals surface area contributed by atoms with Crippen molar-refractivity contribution < 1.29 is 9.53 Å². The Morgan fingerprint density at radius 1 is 1.73 bits per heavy atom. The lowest BCUT2D eigenvalue weighted by Crippen LogP contribution is -2.49. The van der Waals surface area contributed by atoms with Gasteiger partial charge >= 0.3 is 0 Å². The van der Waals surface area contributed by atoms with Crippen molar-refractivity contribution in [2.45, 2.75) is 38.8 Å². The van der Waals surface area contributed by atoms with Gasteiger partial charge in [0, 0.05) is 13.5 Å². The second kappa shape index (κ2) is 2.81. The van der Waals surface area contributed by atoms with Crippen molar-refractivity contribution in [3.8, 4) is 0 Å². The summed E-state index contributed by atoms with van der Waals surface area (Å²) in [6.45, 7) is 6.29. The third kappa shape index (κ3) is 1.71. The molecule has 2 unspecified atom stereocenters. The van der Waals surface area contributed by atoms with Crippen molar-refractivity contribution in [2.24, 2.45) is 0 Å². The molecule has 0 aromatic carbocycles. The van der Waals surface area contributed by atoms with Gasteiger partial charge in [-0.2, -0.15) is 0 Å². The maximum atomic E-state index is 10.8. The van der Waals surface area contributed by atoms with Crippen LogP contribution in [0.15, 0.2) is 0 Å². The van der Waals surface area contributed by atoms with Gasteiger partial charge < -0.3 is 10.1 Å². The third-order valence-corrected chi connectivity index (χ3v) is 2.35. The van der Waals surface area contributed by atoms with E-state index in [1.54, 1.807) is 0 Å². The molecule has 1 fully saturated rings. The van der Waals surface area contributed by atoms with Gasteiger partial charge in [0.05, 0.1) is 11.6 Å². The number of hydrogen-bond acceptors (Lipinski definition) is 2. The number of rotatable bonds is 1. The Kier molecular flexibility index (Phi) is 2.18. The van der Waals surface area contributed by atoms with Crippen molar-refractivity contribution in [1.29, 1.82) is 0 Å². The molecular formula is C8H15NO2. The first-order chi connectivity index (χ1) is 5.04. The number of nitrogens with one attached hydrogen (secondary N) is 1. The standard InChI is InChI=1S/C8H15NO2/c1-6-8(3,4-5-11-6)9-7(2)10/h6H,4-5H2,1-3H3,(H,9,10). The minimum absolute atomic E-state index is 0.0184. The molecule has 64 valence electrons. The maximum Gasteiger partial charge on any atom is 0.217 e. The van der Waals surface area contributed by atoms with Gasteiger partial charge in [-0.3, -0.25) is 4.79 Å². The Morgan fingerprint density at radius 3 is 2.73 bits per heavy atom. The molecule has 3 nitrogen and oxygen atoms in total. The van der Waals surface area contributed by atoms with Gasteiger partial charge in [0.25, 0.3) is 0 Å². The fourth-order valence-electron chi connectivity index (χ4n) is 1.40. The van der Waals surface area contributed by atoms with Crippen molar-refractivity contribution >= 4 is 5.91 Å². The van der Waals surface area contributed by atoms with Crippen molar-refractivity contribution in [3.63, 3.8) is 0 Å². The lowest BCUT2D eigenvalue weighted by Gasteiger charge is -2.28. The zero-order valence-electron chi connectivity index (χ0n) is 7.31. The topological polar surface area (TPSA) is 38.3 Å². The average molecular weight is 157 g/mol. The van der Waals surface area contributed by atoms with Crippen molar-refractivity contribution in [1.82, 2.24) is 5.32 Å². The Hall–Kier alpha value is -0.570. The first kappa shape index (κ1) is 8.53. The summed E-state index contributed by atoms with van der Waals surface area (Å²) in [5.74, 6) is 0.0184. The van der Waals surface area contributed by atoms with Gasteiger partial charge in [0.1, 0.15) is 0 Å². The SMILES string of the molecule is CC(=O)NC1(C)CCOC1C. The molecule has 0 aromatic rings. The molecule has 1 N–H and O–H groups in total. The van der Waals surface area contributed by atoms with Gasteiger partial charge in [-0.15, -0.1) is 0 Å². The number of carbonyl (C=O) groups is 1.